The van der Waals surface area contributed by atoms with Gasteiger partial charge in [-0.25, -0.2) is 4.79 Å². The Bertz CT molecular complexity index is 406. The molecule has 0 aromatic carbocycles. The zero-order chi connectivity index (χ0) is 12.5. The van der Waals surface area contributed by atoms with E-state index >= 15 is 0 Å². The van der Waals surface area contributed by atoms with E-state index in [1.165, 1.54) is 0 Å². The average Bonchev–Trinajstić information content (AvgIpc) is 2.61. The normalized spacial score (nSPS) is 19.6. The third-order valence-electron chi connectivity index (χ3n) is 2.64. The Labute approximate surface area is 101 Å². The highest BCUT2D eigenvalue weighted by Gasteiger charge is 2.25. The molecule has 1 amide bonds. The van der Waals surface area contributed by atoms with Crippen LogP contribution in [-0.2, 0) is 17.6 Å². The number of carbonyl (C=O) groups is 1. The van der Waals surface area contributed by atoms with Gasteiger partial charge in [-0.2, -0.15) is 0 Å². The van der Waals surface area contributed by atoms with Crippen molar-refractivity contribution in [1.82, 2.24) is 10.5 Å². The monoisotopic (exact) mass is 238 g/mol. The minimum Gasteiger partial charge on any atom is -0.444 e. The minimum absolute atomic E-state index is 0.0744. The number of nitrogens with one attached hydrogen (secondary N) is 1. The number of alkyl carbamates (subject to hydrolysis) is 1. The fourth-order valence-electron chi connectivity index (χ4n) is 1.91. The summed E-state index contributed by atoms with van der Waals surface area (Å²) in [4.78, 5) is 11.6. The molecular formula is C12H18N2O3. The Morgan fingerprint density at radius 1 is 1.59 bits per heavy atom. The molecule has 2 rings (SSSR count). The lowest BCUT2D eigenvalue weighted by atomic mass is 9.94. The Morgan fingerprint density at radius 2 is 2.35 bits per heavy atom. The van der Waals surface area contributed by atoms with Crippen molar-refractivity contribution in [1.29, 1.82) is 0 Å². The zero-order valence-electron chi connectivity index (χ0n) is 10.4. The van der Waals surface area contributed by atoms with Crippen LogP contribution in [0.1, 0.15) is 38.5 Å². The predicted molar refractivity (Wildman–Crippen MR) is 61.7 cm³/mol. The predicted octanol–water partition coefficient (Wildman–Crippen LogP) is 2.06. The van der Waals surface area contributed by atoms with Gasteiger partial charge in [0.15, 0.2) is 0 Å². The van der Waals surface area contributed by atoms with Gasteiger partial charge in [0.25, 0.3) is 0 Å². The molecule has 0 radical (unpaired) electrons. The lowest BCUT2D eigenvalue weighted by Crippen LogP contribution is -2.41. The third kappa shape index (κ3) is 3.22. The lowest BCUT2D eigenvalue weighted by Gasteiger charge is -2.25. The number of aryl methyl sites for hydroxylation is 1. The molecule has 1 aromatic rings. The van der Waals surface area contributed by atoms with Crippen molar-refractivity contribution in [3.8, 4) is 0 Å². The van der Waals surface area contributed by atoms with E-state index in [9.17, 15) is 4.79 Å². The van der Waals surface area contributed by atoms with Gasteiger partial charge in [0, 0.05) is 18.0 Å². The van der Waals surface area contributed by atoms with Crippen molar-refractivity contribution >= 4 is 6.09 Å². The van der Waals surface area contributed by atoms with Crippen LogP contribution >= 0.6 is 0 Å². The Morgan fingerprint density at radius 3 is 3.06 bits per heavy atom. The van der Waals surface area contributed by atoms with Crippen molar-refractivity contribution in [3.05, 3.63) is 17.5 Å². The van der Waals surface area contributed by atoms with Gasteiger partial charge < -0.3 is 14.6 Å². The molecule has 0 saturated heterocycles. The topological polar surface area (TPSA) is 64.4 Å². The Kier molecular flexibility index (Phi) is 3.09. The molecular weight excluding hydrogens is 220 g/mol. The van der Waals surface area contributed by atoms with E-state index in [0.29, 0.717) is 6.42 Å². The molecule has 1 aliphatic carbocycles. The van der Waals surface area contributed by atoms with E-state index in [2.05, 4.69) is 10.5 Å². The number of nitrogens with zero attached hydrogens (tertiary/aromatic N) is 1. The van der Waals surface area contributed by atoms with Gasteiger partial charge in [-0.1, -0.05) is 5.16 Å². The summed E-state index contributed by atoms with van der Waals surface area (Å²) in [6, 6.07) is 0.0744. The molecule has 1 heterocycles. The van der Waals surface area contributed by atoms with Crippen LogP contribution in [-0.4, -0.2) is 22.9 Å². The molecule has 1 N–H and O–H groups in total. The van der Waals surface area contributed by atoms with Crippen LogP contribution < -0.4 is 5.32 Å². The largest absolute Gasteiger partial charge is 0.444 e. The summed E-state index contributed by atoms with van der Waals surface area (Å²) in [5.41, 5.74) is 0.683. The lowest BCUT2D eigenvalue weighted by molar-refractivity contribution is 0.0498. The number of carbonyl (C=O) groups excluding carboxylic acids is 1. The molecule has 1 aliphatic rings. The van der Waals surface area contributed by atoms with E-state index < -0.39 is 5.60 Å². The quantitative estimate of drug-likeness (QED) is 0.813. The summed E-state index contributed by atoms with van der Waals surface area (Å²) in [5, 5.41) is 6.62. The second-order valence-corrected chi connectivity index (χ2v) is 5.36. The van der Waals surface area contributed by atoms with Crippen molar-refractivity contribution in [3.63, 3.8) is 0 Å². The van der Waals surface area contributed by atoms with E-state index in [1.807, 2.05) is 20.8 Å². The standard InChI is InChI=1S/C12H18N2O3/c1-12(2,3)16-11(15)14-9-5-4-8-7-13-17-10(8)6-9/h7,9H,4-6H2,1-3H3,(H,14,15)/t9-/m1/s1. The molecule has 5 heteroatoms. The molecule has 1 aromatic heterocycles. The Balaban J connectivity index is 1.88. The second kappa shape index (κ2) is 4.39. The van der Waals surface area contributed by atoms with Gasteiger partial charge in [-0.05, 0) is 33.6 Å². The second-order valence-electron chi connectivity index (χ2n) is 5.36. The molecule has 0 spiro atoms. The molecule has 5 nitrogen and oxygen atoms in total. The summed E-state index contributed by atoms with van der Waals surface area (Å²) < 4.78 is 10.3. The van der Waals surface area contributed by atoms with Crippen LogP contribution in [0.3, 0.4) is 0 Å². The molecule has 0 unspecified atom stereocenters. The van der Waals surface area contributed by atoms with Crippen LogP contribution in [0, 0.1) is 0 Å². The van der Waals surface area contributed by atoms with Crippen molar-refractivity contribution in [2.75, 3.05) is 0 Å². The zero-order valence-corrected chi connectivity index (χ0v) is 10.4. The maximum atomic E-state index is 11.6. The van der Waals surface area contributed by atoms with Crippen LogP contribution in [0.4, 0.5) is 4.79 Å². The number of rotatable bonds is 1. The average molecular weight is 238 g/mol. The van der Waals surface area contributed by atoms with Gasteiger partial charge in [0.2, 0.25) is 0 Å². The van der Waals surface area contributed by atoms with Crippen LogP contribution in [0.15, 0.2) is 10.7 Å². The number of aromatic nitrogens is 1. The molecule has 1 atom stereocenters. The summed E-state index contributed by atoms with van der Waals surface area (Å²) in [6.45, 7) is 5.55. The summed E-state index contributed by atoms with van der Waals surface area (Å²) in [7, 11) is 0. The van der Waals surface area contributed by atoms with E-state index in [1.54, 1.807) is 6.20 Å². The maximum Gasteiger partial charge on any atom is 0.407 e. The minimum atomic E-state index is -0.462. The number of ether oxygens (including phenoxy) is 1. The van der Waals surface area contributed by atoms with Crippen molar-refractivity contribution in [2.45, 2.75) is 51.7 Å². The van der Waals surface area contributed by atoms with Gasteiger partial charge >= 0.3 is 6.09 Å². The first kappa shape index (κ1) is 12.0. The third-order valence-corrected chi connectivity index (χ3v) is 2.64. The maximum absolute atomic E-state index is 11.6. The van der Waals surface area contributed by atoms with Gasteiger partial charge in [0.1, 0.15) is 11.4 Å². The fourth-order valence-corrected chi connectivity index (χ4v) is 1.91. The van der Waals surface area contributed by atoms with Gasteiger partial charge in [0.05, 0.1) is 6.20 Å². The first-order valence-electron chi connectivity index (χ1n) is 5.86. The Hall–Kier alpha value is -1.52. The van der Waals surface area contributed by atoms with Crippen LogP contribution in [0.25, 0.3) is 0 Å². The smallest absolute Gasteiger partial charge is 0.407 e. The van der Waals surface area contributed by atoms with Crippen LogP contribution in [0.2, 0.25) is 0 Å². The van der Waals surface area contributed by atoms with Crippen molar-refractivity contribution in [2.24, 2.45) is 0 Å². The highest BCUT2D eigenvalue weighted by Crippen LogP contribution is 2.21. The SMILES string of the molecule is CC(C)(C)OC(=O)N[C@@H]1CCc2cnoc2C1. The summed E-state index contributed by atoms with van der Waals surface area (Å²) >= 11 is 0. The highest BCUT2D eigenvalue weighted by molar-refractivity contribution is 5.68. The van der Waals surface area contributed by atoms with Crippen molar-refractivity contribution < 1.29 is 14.1 Å². The summed E-state index contributed by atoms with van der Waals surface area (Å²) in [6.07, 6.45) is 3.85. The van der Waals surface area contributed by atoms with E-state index in [4.69, 9.17) is 9.26 Å². The fraction of sp³-hybridized carbons (Fsp3) is 0.667. The molecule has 0 fully saturated rings. The van der Waals surface area contributed by atoms with Gasteiger partial charge in [-0.3, -0.25) is 0 Å². The molecule has 17 heavy (non-hydrogen) atoms. The first-order valence-corrected chi connectivity index (χ1v) is 5.86. The van der Waals surface area contributed by atoms with Crippen LogP contribution in [0.5, 0.6) is 0 Å². The number of fused-ring (bicyclic) bond motifs is 1. The summed E-state index contributed by atoms with van der Waals surface area (Å²) in [5.74, 6) is 0.873. The molecule has 0 saturated carbocycles. The molecule has 94 valence electrons. The number of hydrogen-bond donors (Lipinski definition) is 1. The highest BCUT2D eigenvalue weighted by atomic mass is 16.6. The van der Waals surface area contributed by atoms with Gasteiger partial charge in [-0.15, -0.1) is 0 Å². The first-order chi connectivity index (χ1) is 7.94. The van der Waals surface area contributed by atoms with E-state index in [-0.39, 0.29) is 12.1 Å². The number of hydrogen-bond acceptors (Lipinski definition) is 4. The van der Waals surface area contributed by atoms with E-state index in [0.717, 1.165) is 24.2 Å². The molecule has 0 aliphatic heterocycles. The molecule has 0 bridgehead atoms. The number of amides is 1.